The lowest BCUT2D eigenvalue weighted by Crippen LogP contribution is -2.50. The van der Waals surface area contributed by atoms with E-state index in [1.165, 1.54) is 6.92 Å². The number of nitrogens with one attached hydrogen (secondary N) is 1. The molecule has 0 aliphatic carbocycles. The summed E-state index contributed by atoms with van der Waals surface area (Å²) in [6.07, 6.45) is 3.25. The molecule has 1 heterocycles. The number of carbonyl (C=O) groups excluding carboxylic acids is 2. The molecule has 9 heteroatoms. The second-order valence-corrected chi connectivity index (χ2v) is 9.53. The Morgan fingerprint density at radius 1 is 1.11 bits per heavy atom. The van der Waals surface area contributed by atoms with E-state index in [4.69, 9.17) is 0 Å². The van der Waals surface area contributed by atoms with Crippen molar-refractivity contribution < 1.29 is 27.9 Å². The van der Waals surface area contributed by atoms with E-state index in [0.717, 1.165) is 0 Å². The van der Waals surface area contributed by atoms with Crippen LogP contribution in [0.25, 0.3) is 0 Å². The number of carboxylic acid groups (broad SMARTS) is 1. The molecule has 0 aromatic heterocycles. The van der Waals surface area contributed by atoms with Gasteiger partial charge in [0.2, 0.25) is 11.8 Å². The van der Waals surface area contributed by atoms with E-state index in [-0.39, 0.29) is 5.91 Å². The maximum absolute atomic E-state index is 12.6. The average Bonchev–Trinajstić information content (AvgIpc) is 2.60. The first-order valence-electron chi connectivity index (χ1n) is 9.62. The van der Waals surface area contributed by atoms with Crippen LogP contribution in [0.1, 0.15) is 59.3 Å². The zero-order chi connectivity index (χ0) is 20.6. The molecule has 1 aliphatic rings. The molecule has 0 radical (unpaired) electrons. The summed E-state index contributed by atoms with van der Waals surface area (Å²) in [5, 5.41) is 11.2. The highest BCUT2D eigenvalue weighted by Gasteiger charge is 2.34. The van der Waals surface area contributed by atoms with Crippen LogP contribution in [0.3, 0.4) is 0 Å². The van der Waals surface area contributed by atoms with Crippen molar-refractivity contribution in [2.24, 2.45) is 5.92 Å². The molecule has 1 rings (SSSR count). The van der Waals surface area contributed by atoms with Gasteiger partial charge >= 0.3 is 5.97 Å². The van der Waals surface area contributed by atoms with Gasteiger partial charge in [-0.05, 0) is 25.7 Å². The Balaban J connectivity index is 2.74. The van der Waals surface area contributed by atoms with Gasteiger partial charge in [0, 0.05) is 25.9 Å². The van der Waals surface area contributed by atoms with Crippen LogP contribution in [0.4, 0.5) is 0 Å². The Hall–Kier alpha value is -1.64. The number of rotatable bonds is 10. The molecule has 1 fully saturated rings. The highest BCUT2D eigenvalue weighted by atomic mass is 32.2. The van der Waals surface area contributed by atoms with Crippen molar-refractivity contribution in [3.05, 3.63) is 0 Å². The number of likely N-dealkylation sites (tertiary alicyclic amines) is 1. The monoisotopic (exact) mass is 404 g/mol. The van der Waals surface area contributed by atoms with Crippen molar-refractivity contribution in [1.29, 1.82) is 0 Å². The van der Waals surface area contributed by atoms with Crippen molar-refractivity contribution in [1.82, 2.24) is 10.2 Å². The zero-order valence-electron chi connectivity index (χ0n) is 16.4. The van der Waals surface area contributed by atoms with Gasteiger partial charge in [0.15, 0.2) is 9.84 Å². The summed E-state index contributed by atoms with van der Waals surface area (Å²) in [5.74, 6) is -2.86. The number of amides is 2. The van der Waals surface area contributed by atoms with Crippen LogP contribution in [0.2, 0.25) is 0 Å². The first kappa shape index (κ1) is 23.4. The lowest BCUT2D eigenvalue weighted by molar-refractivity contribution is -0.142. The summed E-state index contributed by atoms with van der Waals surface area (Å²) < 4.78 is 25.3. The molecule has 0 aromatic carbocycles. The number of sulfone groups is 1. The number of aliphatic carboxylic acids is 1. The highest BCUT2D eigenvalue weighted by molar-refractivity contribution is 7.92. The number of carbonyl (C=O) groups is 3. The van der Waals surface area contributed by atoms with Crippen LogP contribution in [-0.2, 0) is 24.2 Å². The molecule has 2 amide bonds. The molecule has 2 N–H and O–H groups in total. The van der Waals surface area contributed by atoms with Crippen LogP contribution in [-0.4, -0.2) is 66.3 Å². The lowest BCUT2D eigenvalue weighted by Gasteiger charge is -2.31. The number of piperidine rings is 1. The molecule has 0 aromatic rings. The number of hydrogen-bond acceptors (Lipinski definition) is 5. The van der Waals surface area contributed by atoms with Gasteiger partial charge in [-0.3, -0.25) is 9.59 Å². The topological polar surface area (TPSA) is 121 Å². The largest absolute Gasteiger partial charge is 0.480 e. The van der Waals surface area contributed by atoms with Crippen LogP contribution in [0, 0.1) is 5.92 Å². The number of nitrogens with zero attached hydrogens (tertiary/aromatic N) is 1. The molecule has 0 saturated carbocycles. The fourth-order valence-corrected chi connectivity index (χ4v) is 5.59. The van der Waals surface area contributed by atoms with Gasteiger partial charge < -0.3 is 15.3 Å². The fourth-order valence-electron chi connectivity index (χ4n) is 3.44. The third-order valence-corrected chi connectivity index (χ3v) is 7.34. The fraction of sp³-hybridized carbons (Fsp3) is 0.833. The van der Waals surface area contributed by atoms with Gasteiger partial charge in [-0.25, -0.2) is 13.2 Å². The quantitative estimate of drug-likeness (QED) is 0.564. The molecule has 0 bridgehead atoms. The van der Waals surface area contributed by atoms with Crippen molar-refractivity contribution >= 4 is 27.6 Å². The van der Waals surface area contributed by atoms with Gasteiger partial charge in [0.25, 0.3) is 0 Å². The van der Waals surface area contributed by atoms with Gasteiger partial charge in [-0.15, -0.1) is 0 Å². The smallest absolute Gasteiger partial charge is 0.327 e. The van der Waals surface area contributed by atoms with E-state index in [2.05, 4.69) is 5.32 Å². The standard InChI is InChI=1S/C18H32N2O6S/c1-4-6-15(7-5-2)27(25,26)12-16(18(23)24)19-17(22)14-8-10-20(11-9-14)13(3)21/h14-16H,4-12H2,1-3H3,(H,19,22)(H,23,24)/t16-/m1/s1. The molecular weight excluding hydrogens is 372 g/mol. The summed E-state index contributed by atoms with van der Waals surface area (Å²) in [6.45, 7) is 6.13. The maximum atomic E-state index is 12.6. The highest BCUT2D eigenvalue weighted by Crippen LogP contribution is 2.19. The summed E-state index contributed by atoms with van der Waals surface area (Å²) in [5.41, 5.74) is 0. The average molecular weight is 405 g/mol. The predicted molar refractivity (Wildman–Crippen MR) is 102 cm³/mol. The van der Waals surface area contributed by atoms with Crippen molar-refractivity contribution in [3.8, 4) is 0 Å². The van der Waals surface area contributed by atoms with Gasteiger partial charge in [-0.2, -0.15) is 0 Å². The molecule has 27 heavy (non-hydrogen) atoms. The van der Waals surface area contributed by atoms with Crippen LogP contribution in [0.5, 0.6) is 0 Å². The van der Waals surface area contributed by atoms with Crippen molar-refractivity contribution in [2.75, 3.05) is 18.8 Å². The van der Waals surface area contributed by atoms with Crippen LogP contribution in [0.15, 0.2) is 0 Å². The van der Waals surface area contributed by atoms with Crippen LogP contribution < -0.4 is 5.32 Å². The maximum Gasteiger partial charge on any atom is 0.327 e. The predicted octanol–water partition coefficient (Wildman–Crippen LogP) is 1.20. The molecule has 1 atom stereocenters. The van der Waals surface area contributed by atoms with Crippen molar-refractivity contribution in [2.45, 2.75) is 70.6 Å². The Kier molecular flexibility index (Phi) is 9.21. The lowest BCUT2D eigenvalue weighted by atomic mass is 9.95. The normalized spacial score (nSPS) is 17.0. The Labute approximate surface area is 161 Å². The van der Waals surface area contributed by atoms with E-state index >= 15 is 0 Å². The third kappa shape index (κ3) is 7.12. The second-order valence-electron chi connectivity index (χ2n) is 7.21. The summed E-state index contributed by atoms with van der Waals surface area (Å²) in [4.78, 5) is 37.0. The van der Waals surface area contributed by atoms with Gasteiger partial charge in [0.05, 0.1) is 11.0 Å². The first-order chi connectivity index (χ1) is 12.6. The molecule has 1 aliphatic heterocycles. The Morgan fingerprint density at radius 2 is 1.63 bits per heavy atom. The molecule has 0 spiro atoms. The minimum absolute atomic E-state index is 0.0544. The molecule has 1 saturated heterocycles. The van der Waals surface area contributed by atoms with Gasteiger partial charge in [0.1, 0.15) is 6.04 Å². The van der Waals surface area contributed by atoms with Gasteiger partial charge in [-0.1, -0.05) is 26.7 Å². The minimum atomic E-state index is -3.64. The number of carboxylic acids is 1. The third-order valence-electron chi connectivity index (χ3n) is 5.05. The molecule has 8 nitrogen and oxygen atoms in total. The minimum Gasteiger partial charge on any atom is -0.480 e. The van der Waals surface area contributed by atoms with E-state index < -0.39 is 44.7 Å². The van der Waals surface area contributed by atoms with E-state index in [1.54, 1.807) is 4.90 Å². The summed E-state index contributed by atoms with van der Waals surface area (Å²) in [7, 11) is -3.64. The number of hydrogen-bond donors (Lipinski definition) is 2. The summed E-state index contributed by atoms with van der Waals surface area (Å²) in [6, 6.07) is -1.45. The van der Waals surface area contributed by atoms with Crippen molar-refractivity contribution in [3.63, 3.8) is 0 Å². The second kappa shape index (κ2) is 10.6. The Morgan fingerprint density at radius 3 is 2.04 bits per heavy atom. The van der Waals surface area contributed by atoms with E-state index in [9.17, 15) is 27.9 Å². The molecule has 0 unspecified atom stereocenters. The van der Waals surface area contributed by atoms with Crippen LogP contribution >= 0.6 is 0 Å². The summed E-state index contributed by atoms with van der Waals surface area (Å²) >= 11 is 0. The zero-order valence-corrected chi connectivity index (χ0v) is 17.3. The first-order valence-corrected chi connectivity index (χ1v) is 11.3. The molecular formula is C18H32N2O6S. The SMILES string of the molecule is CCCC(CCC)S(=O)(=O)C[C@@H](NC(=O)C1CCN(C(C)=O)CC1)C(=O)O. The van der Waals surface area contributed by atoms with E-state index in [1.807, 2.05) is 13.8 Å². The Bertz CT molecular complexity index is 620. The molecule has 156 valence electrons. The van der Waals surface area contributed by atoms with E-state index in [0.29, 0.717) is 51.6 Å².